The molecule has 0 aromatic heterocycles. The van der Waals surface area contributed by atoms with Crippen LogP contribution in [0.4, 0.5) is 11.4 Å². The maximum Gasteiger partial charge on any atom is 0.260 e. The van der Waals surface area contributed by atoms with Crippen LogP contribution in [0.1, 0.15) is 25.0 Å². The van der Waals surface area contributed by atoms with Gasteiger partial charge < -0.3 is 4.90 Å². The summed E-state index contributed by atoms with van der Waals surface area (Å²) < 4.78 is 25.3. The minimum absolute atomic E-state index is 0.347. The molecule has 0 heterocycles. The first-order valence-corrected chi connectivity index (χ1v) is 11.3. The van der Waals surface area contributed by atoms with Gasteiger partial charge in [-0.3, -0.25) is 9.10 Å². The SMILES string of the molecule is CCN(CC)c1ccc(/C=N\NC(=O)CN(c2cccc(C)c2)S(C)(=O)=O)cc1. The van der Waals surface area contributed by atoms with Crippen molar-refractivity contribution in [2.75, 3.05) is 35.1 Å². The molecular weight excluding hydrogens is 388 g/mol. The maximum atomic E-state index is 12.2. The Bertz CT molecular complexity index is 952. The molecule has 7 nitrogen and oxygen atoms in total. The predicted octanol–water partition coefficient (Wildman–Crippen LogP) is 2.76. The van der Waals surface area contributed by atoms with Gasteiger partial charge in [0.1, 0.15) is 6.54 Å². The normalized spacial score (nSPS) is 11.4. The van der Waals surface area contributed by atoms with Crippen LogP contribution in [0.3, 0.4) is 0 Å². The summed E-state index contributed by atoms with van der Waals surface area (Å²) in [6.45, 7) is 7.58. The fraction of sp³-hybridized carbons (Fsp3) is 0.333. The highest BCUT2D eigenvalue weighted by molar-refractivity contribution is 7.92. The average molecular weight is 417 g/mol. The quantitative estimate of drug-likeness (QED) is 0.503. The number of rotatable bonds is 9. The van der Waals surface area contributed by atoms with E-state index >= 15 is 0 Å². The van der Waals surface area contributed by atoms with Crippen molar-refractivity contribution < 1.29 is 13.2 Å². The molecule has 0 fully saturated rings. The van der Waals surface area contributed by atoms with Crippen LogP contribution in [0, 0.1) is 6.92 Å². The number of amides is 1. The maximum absolute atomic E-state index is 12.2. The number of nitrogens with zero attached hydrogens (tertiary/aromatic N) is 3. The first-order valence-electron chi connectivity index (χ1n) is 9.46. The summed E-state index contributed by atoms with van der Waals surface area (Å²) in [5.74, 6) is -0.520. The molecule has 1 N–H and O–H groups in total. The Labute approximate surface area is 173 Å². The van der Waals surface area contributed by atoms with E-state index in [-0.39, 0.29) is 6.54 Å². The van der Waals surface area contributed by atoms with Crippen LogP contribution in [0.2, 0.25) is 0 Å². The fourth-order valence-electron chi connectivity index (χ4n) is 2.89. The standard InChI is InChI=1S/C21H28N4O3S/c1-5-24(6-2)19-12-10-18(11-13-19)15-22-23-21(26)16-25(29(4,27)28)20-9-7-8-17(3)14-20/h7-15H,5-6,16H2,1-4H3,(H,23,26)/b22-15-. The van der Waals surface area contributed by atoms with E-state index in [4.69, 9.17) is 0 Å². The van der Waals surface area contributed by atoms with Crippen LogP contribution in [0.5, 0.6) is 0 Å². The monoisotopic (exact) mass is 416 g/mol. The molecule has 0 aliphatic heterocycles. The van der Waals surface area contributed by atoms with E-state index in [1.54, 1.807) is 18.2 Å². The Kier molecular flexibility index (Phi) is 7.78. The van der Waals surface area contributed by atoms with Gasteiger partial charge in [0.05, 0.1) is 18.2 Å². The second-order valence-corrected chi connectivity index (χ2v) is 8.57. The molecule has 0 saturated carbocycles. The summed E-state index contributed by atoms with van der Waals surface area (Å²) in [4.78, 5) is 14.5. The molecule has 0 unspecified atom stereocenters. The summed E-state index contributed by atoms with van der Waals surface area (Å²) in [7, 11) is -3.61. The number of benzene rings is 2. The van der Waals surface area contributed by atoms with Crippen LogP contribution in [-0.4, -0.2) is 46.4 Å². The highest BCUT2D eigenvalue weighted by Crippen LogP contribution is 2.18. The first-order chi connectivity index (χ1) is 13.7. The van der Waals surface area contributed by atoms with Crippen molar-refractivity contribution in [3.8, 4) is 0 Å². The number of nitrogens with one attached hydrogen (secondary N) is 1. The molecule has 29 heavy (non-hydrogen) atoms. The van der Waals surface area contributed by atoms with E-state index in [0.717, 1.165) is 40.5 Å². The lowest BCUT2D eigenvalue weighted by atomic mass is 10.2. The number of carbonyl (C=O) groups is 1. The van der Waals surface area contributed by atoms with Crippen molar-refractivity contribution in [1.29, 1.82) is 0 Å². The largest absolute Gasteiger partial charge is 0.372 e. The van der Waals surface area contributed by atoms with E-state index in [1.807, 2.05) is 37.3 Å². The summed E-state index contributed by atoms with van der Waals surface area (Å²) in [5, 5.41) is 3.94. The summed E-state index contributed by atoms with van der Waals surface area (Å²) in [6.07, 6.45) is 2.60. The fourth-order valence-corrected chi connectivity index (χ4v) is 3.74. The molecule has 2 aromatic rings. The van der Waals surface area contributed by atoms with E-state index in [2.05, 4.69) is 29.3 Å². The predicted molar refractivity (Wildman–Crippen MR) is 119 cm³/mol. The Morgan fingerprint density at radius 3 is 2.28 bits per heavy atom. The molecule has 0 aliphatic carbocycles. The Hall–Kier alpha value is -2.87. The lowest BCUT2D eigenvalue weighted by Gasteiger charge is -2.21. The molecule has 8 heteroatoms. The Morgan fingerprint density at radius 1 is 1.07 bits per heavy atom. The molecule has 2 aromatic carbocycles. The van der Waals surface area contributed by atoms with Crippen LogP contribution >= 0.6 is 0 Å². The molecule has 1 amide bonds. The number of hydrogen-bond acceptors (Lipinski definition) is 5. The zero-order valence-electron chi connectivity index (χ0n) is 17.3. The van der Waals surface area contributed by atoms with Crippen molar-refractivity contribution in [3.63, 3.8) is 0 Å². The second-order valence-electron chi connectivity index (χ2n) is 6.67. The minimum atomic E-state index is -3.61. The third-order valence-corrected chi connectivity index (χ3v) is 5.54. The van der Waals surface area contributed by atoms with Crippen LogP contribution in [-0.2, 0) is 14.8 Å². The van der Waals surface area contributed by atoms with Crippen molar-refractivity contribution in [2.24, 2.45) is 5.10 Å². The number of hydrazone groups is 1. The van der Waals surface area contributed by atoms with Gasteiger partial charge in [0.15, 0.2) is 0 Å². The molecule has 2 rings (SSSR count). The molecule has 156 valence electrons. The van der Waals surface area contributed by atoms with Gasteiger partial charge in [0, 0.05) is 18.8 Å². The molecule has 0 aliphatic rings. The number of anilines is 2. The van der Waals surface area contributed by atoms with E-state index < -0.39 is 15.9 Å². The van der Waals surface area contributed by atoms with Gasteiger partial charge in [-0.15, -0.1) is 0 Å². The number of sulfonamides is 1. The number of aryl methyl sites for hydroxylation is 1. The van der Waals surface area contributed by atoms with Crippen LogP contribution in [0.15, 0.2) is 53.6 Å². The summed E-state index contributed by atoms with van der Waals surface area (Å²) >= 11 is 0. The topological polar surface area (TPSA) is 82.1 Å². The molecule has 0 spiro atoms. The molecule has 0 saturated heterocycles. The van der Waals surface area contributed by atoms with Gasteiger partial charge in [-0.05, 0) is 56.2 Å². The zero-order valence-corrected chi connectivity index (χ0v) is 18.1. The van der Waals surface area contributed by atoms with E-state index in [1.165, 1.54) is 6.21 Å². The van der Waals surface area contributed by atoms with E-state index in [9.17, 15) is 13.2 Å². The average Bonchev–Trinajstić information content (AvgIpc) is 2.67. The van der Waals surface area contributed by atoms with Gasteiger partial charge in [-0.25, -0.2) is 13.8 Å². The van der Waals surface area contributed by atoms with Gasteiger partial charge in [-0.2, -0.15) is 5.10 Å². The Morgan fingerprint density at radius 2 is 1.72 bits per heavy atom. The van der Waals surface area contributed by atoms with Crippen molar-refractivity contribution in [1.82, 2.24) is 5.43 Å². The lowest BCUT2D eigenvalue weighted by Crippen LogP contribution is -2.39. The number of carbonyl (C=O) groups excluding carboxylic acids is 1. The van der Waals surface area contributed by atoms with Crippen molar-refractivity contribution in [3.05, 3.63) is 59.7 Å². The van der Waals surface area contributed by atoms with Crippen molar-refractivity contribution >= 4 is 33.5 Å². The zero-order chi connectivity index (χ0) is 21.4. The molecule has 0 radical (unpaired) electrons. The van der Waals surface area contributed by atoms with Crippen LogP contribution < -0.4 is 14.6 Å². The van der Waals surface area contributed by atoms with Gasteiger partial charge in [0.2, 0.25) is 10.0 Å². The van der Waals surface area contributed by atoms with Crippen molar-refractivity contribution in [2.45, 2.75) is 20.8 Å². The summed E-state index contributed by atoms with van der Waals surface area (Å²) in [5.41, 5.74) is 5.70. The number of hydrogen-bond donors (Lipinski definition) is 1. The smallest absolute Gasteiger partial charge is 0.260 e. The third-order valence-electron chi connectivity index (χ3n) is 4.40. The van der Waals surface area contributed by atoms with E-state index in [0.29, 0.717) is 5.69 Å². The highest BCUT2D eigenvalue weighted by atomic mass is 32.2. The third kappa shape index (κ3) is 6.60. The van der Waals surface area contributed by atoms with Gasteiger partial charge in [-0.1, -0.05) is 24.3 Å². The van der Waals surface area contributed by atoms with Gasteiger partial charge >= 0.3 is 0 Å². The molecular formula is C21H28N4O3S. The first kappa shape index (κ1) is 22.4. The molecule has 0 bridgehead atoms. The highest BCUT2D eigenvalue weighted by Gasteiger charge is 2.20. The Balaban J connectivity index is 2.02. The van der Waals surface area contributed by atoms with Crippen LogP contribution in [0.25, 0.3) is 0 Å². The second kappa shape index (κ2) is 10.1. The minimum Gasteiger partial charge on any atom is -0.372 e. The summed E-state index contributed by atoms with van der Waals surface area (Å²) in [6, 6.07) is 14.8. The van der Waals surface area contributed by atoms with Gasteiger partial charge in [0.25, 0.3) is 5.91 Å². The lowest BCUT2D eigenvalue weighted by molar-refractivity contribution is -0.119. The molecule has 0 atom stereocenters.